The van der Waals surface area contributed by atoms with Gasteiger partial charge in [0.15, 0.2) is 0 Å². The fourth-order valence-electron chi connectivity index (χ4n) is 1.36. The first-order valence-electron chi connectivity index (χ1n) is 5.73. The van der Waals surface area contributed by atoms with Gasteiger partial charge in [0.2, 0.25) is 5.91 Å². The number of amides is 2. The molecule has 4 nitrogen and oxygen atoms in total. The lowest BCUT2D eigenvalue weighted by atomic mass is 10.1. The van der Waals surface area contributed by atoms with Gasteiger partial charge in [0.25, 0.3) is 5.91 Å². The number of hydrogen-bond acceptors (Lipinski definition) is 2. The van der Waals surface area contributed by atoms with Gasteiger partial charge in [0.1, 0.15) is 0 Å². The van der Waals surface area contributed by atoms with E-state index in [2.05, 4.69) is 26.6 Å². The molecule has 0 radical (unpaired) electrons. The van der Waals surface area contributed by atoms with Gasteiger partial charge in [-0.15, -0.1) is 0 Å². The average Bonchev–Trinajstić information content (AvgIpc) is 2.27. The van der Waals surface area contributed by atoms with Gasteiger partial charge in [0, 0.05) is 15.6 Å². The number of hydrogen-bond donors (Lipinski definition) is 2. The molecule has 0 atom stereocenters. The van der Waals surface area contributed by atoms with Crippen LogP contribution < -0.4 is 10.6 Å². The summed E-state index contributed by atoms with van der Waals surface area (Å²) in [5, 5.41) is 5.75. The van der Waals surface area contributed by atoms with Gasteiger partial charge >= 0.3 is 0 Å². The molecule has 2 N–H and O–H groups in total. The first-order valence-corrected chi connectivity index (χ1v) is 6.90. The Kier molecular flexibility index (Phi) is 5.38. The summed E-state index contributed by atoms with van der Waals surface area (Å²) < 4.78 is 0.719. The molecule has 0 aliphatic carbocycles. The van der Waals surface area contributed by atoms with Crippen LogP contribution in [0.25, 0.3) is 0 Å². The molecular formula is C13H16BrClN2O2. The van der Waals surface area contributed by atoms with E-state index in [0.29, 0.717) is 10.6 Å². The third-order valence-corrected chi connectivity index (χ3v) is 3.34. The van der Waals surface area contributed by atoms with Crippen molar-refractivity contribution < 1.29 is 9.59 Å². The maximum absolute atomic E-state index is 11.8. The van der Waals surface area contributed by atoms with E-state index in [1.807, 2.05) is 20.8 Å². The van der Waals surface area contributed by atoms with Crippen LogP contribution in [0.15, 0.2) is 22.7 Å². The summed E-state index contributed by atoms with van der Waals surface area (Å²) in [6.45, 7) is 5.56. The van der Waals surface area contributed by atoms with Crippen molar-refractivity contribution >= 4 is 39.3 Å². The molecule has 0 unspecified atom stereocenters. The van der Waals surface area contributed by atoms with Crippen molar-refractivity contribution in [3.63, 3.8) is 0 Å². The zero-order valence-electron chi connectivity index (χ0n) is 11.0. The summed E-state index contributed by atoms with van der Waals surface area (Å²) in [5.41, 5.74) is 0.0969. The van der Waals surface area contributed by atoms with Crippen LogP contribution in [0.5, 0.6) is 0 Å². The maximum atomic E-state index is 11.8. The second-order valence-corrected chi connectivity index (χ2v) is 6.37. The fraction of sp³-hybridized carbons (Fsp3) is 0.385. The minimum atomic E-state index is -0.335. The molecule has 0 saturated heterocycles. The molecule has 19 heavy (non-hydrogen) atoms. The van der Waals surface area contributed by atoms with E-state index in [-0.39, 0.29) is 23.9 Å². The van der Waals surface area contributed by atoms with Crippen molar-refractivity contribution in [2.45, 2.75) is 26.3 Å². The average molecular weight is 348 g/mol. The molecule has 0 aliphatic rings. The van der Waals surface area contributed by atoms with Crippen LogP contribution in [0.4, 0.5) is 0 Å². The first-order chi connectivity index (χ1) is 8.69. The van der Waals surface area contributed by atoms with Gasteiger partial charge in [-0.3, -0.25) is 9.59 Å². The Morgan fingerprint density at radius 1 is 1.32 bits per heavy atom. The van der Waals surface area contributed by atoms with Crippen molar-refractivity contribution in [1.82, 2.24) is 10.6 Å². The van der Waals surface area contributed by atoms with Gasteiger partial charge in [-0.1, -0.05) is 11.6 Å². The van der Waals surface area contributed by atoms with Crippen LogP contribution in [-0.2, 0) is 4.79 Å². The molecule has 0 aliphatic heterocycles. The molecule has 0 bridgehead atoms. The monoisotopic (exact) mass is 346 g/mol. The minimum Gasteiger partial charge on any atom is -0.350 e. The Balaban J connectivity index is 2.56. The Hall–Kier alpha value is -1.07. The van der Waals surface area contributed by atoms with Crippen molar-refractivity contribution in [3.8, 4) is 0 Å². The number of carbonyl (C=O) groups excluding carboxylic acids is 2. The summed E-state index contributed by atoms with van der Waals surface area (Å²) in [4.78, 5) is 23.4. The Bertz CT molecular complexity index is 498. The maximum Gasteiger partial charge on any atom is 0.251 e. The highest BCUT2D eigenvalue weighted by Crippen LogP contribution is 2.23. The Labute approximate surface area is 126 Å². The zero-order chi connectivity index (χ0) is 14.6. The molecular weight excluding hydrogens is 332 g/mol. The Morgan fingerprint density at radius 3 is 2.47 bits per heavy atom. The second-order valence-electron chi connectivity index (χ2n) is 5.11. The highest BCUT2D eigenvalue weighted by atomic mass is 79.9. The predicted octanol–water partition coefficient (Wildman–Crippen LogP) is 2.75. The molecule has 6 heteroatoms. The number of rotatable bonds is 3. The molecule has 0 heterocycles. The SMILES string of the molecule is CC(C)(C)NC(=O)CNC(=O)c1ccc(Br)c(Cl)c1. The van der Waals surface area contributed by atoms with Gasteiger partial charge in [-0.05, 0) is 54.9 Å². The number of nitrogens with one attached hydrogen (secondary N) is 2. The number of halogens is 2. The lowest BCUT2D eigenvalue weighted by molar-refractivity contribution is -0.121. The third kappa shape index (κ3) is 5.61. The molecule has 0 spiro atoms. The molecule has 104 valence electrons. The predicted molar refractivity (Wildman–Crippen MR) is 79.4 cm³/mol. The van der Waals surface area contributed by atoms with Gasteiger partial charge in [0.05, 0.1) is 11.6 Å². The van der Waals surface area contributed by atoms with E-state index >= 15 is 0 Å². The smallest absolute Gasteiger partial charge is 0.251 e. The largest absolute Gasteiger partial charge is 0.350 e. The summed E-state index contributed by atoms with van der Waals surface area (Å²) in [6.07, 6.45) is 0. The van der Waals surface area contributed by atoms with Crippen LogP contribution in [-0.4, -0.2) is 23.9 Å². The molecule has 1 aromatic rings. The molecule has 0 saturated carbocycles. The summed E-state index contributed by atoms with van der Waals surface area (Å²) >= 11 is 9.15. The van der Waals surface area contributed by atoms with E-state index < -0.39 is 0 Å². The van der Waals surface area contributed by atoms with Crippen LogP contribution in [0.2, 0.25) is 5.02 Å². The Morgan fingerprint density at radius 2 is 1.95 bits per heavy atom. The van der Waals surface area contributed by atoms with Gasteiger partial charge < -0.3 is 10.6 Å². The van der Waals surface area contributed by atoms with Gasteiger partial charge in [-0.2, -0.15) is 0 Å². The lowest BCUT2D eigenvalue weighted by Crippen LogP contribution is -2.45. The third-order valence-electron chi connectivity index (χ3n) is 2.11. The van der Waals surface area contributed by atoms with E-state index in [1.165, 1.54) is 0 Å². The summed E-state index contributed by atoms with van der Waals surface area (Å²) in [6, 6.07) is 4.86. The normalized spacial score (nSPS) is 11.0. The van der Waals surface area contributed by atoms with Crippen LogP contribution in [0.3, 0.4) is 0 Å². The summed E-state index contributed by atoms with van der Waals surface area (Å²) in [5.74, 6) is -0.567. The van der Waals surface area contributed by atoms with Crippen molar-refractivity contribution in [2.75, 3.05) is 6.54 Å². The number of carbonyl (C=O) groups is 2. The summed E-state index contributed by atoms with van der Waals surface area (Å²) in [7, 11) is 0. The molecule has 0 aromatic heterocycles. The lowest BCUT2D eigenvalue weighted by Gasteiger charge is -2.20. The number of benzene rings is 1. The van der Waals surface area contributed by atoms with Crippen LogP contribution in [0, 0.1) is 0 Å². The highest BCUT2D eigenvalue weighted by Gasteiger charge is 2.15. The molecule has 2 amide bonds. The zero-order valence-corrected chi connectivity index (χ0v) is 13.4. The van der Waals surface area contributed by atoms with Crippen LogP contribution >= 0.6 is 27.5 Å². The standard InChI is InChI=1S/C13H16BrClN2O2/c1-13(2,3)17-11(18)7-16-12(19)8-4-5-9(14)10(15)6-8/h4-6H,7H2,1-3H3,(H,16,19)(H,17,18). The molecule has 0 fully saturated rings. The highest BCUT2D eigenvalue weighted by molar-refractivity contribution is 9.10. The molecule has 1 aromatic carbocycles. The first kappa shape index (κ1) is 16.0. The van der Waals surface area contributed by atoms with Crippen molar-refractivity contribution in [1.29, 1.82) is 0 Å². The van der Waals surface area contributed by atoms with Crippen molar-refractivity contribution in [2.24, 2.45) is 0 Å². The van der Waals surface area contributed by atoms with Crippen molar-refractivity contribution in [3.05, 3.63) is 33.3 Å². The van der Waals surface area contributed by atoms with Gasteiger partial charge in [-0.25, -0.2) is 0 Å². The topological polar surface area (TPSA) is 58.2 Å². The second kappa shape index (κ2) is 6.39. The van der Waals surface area contributed by atoms with E-state index in [9.17, 15) is 9.59 Å². The quantitative estimate of drug-likeness (QED) is 0.883. The van der Waals surface area contributed by atoms with E-state index in [0.717, 1.165) is 4.47 Å². The van der Waals surface area contributed by atoms with E-state index in [1.54, 1.807) is 18.2 Å². The van der Waals surface area contributed by atoms with Crippen LogP contribution in [0.1, 0.15) is 31.1 Å². The molecule has 1 rings (SSSR count). The fourth-order valence-corrected chi connectivity index (χ4v) is 1.79. The minimum absolute atomic E-state index is 0.0657. The van der Waals surface area contributed by atoms with E-state index in [4.69, 9.17) is 11.6 Å².